The first-order valence-electron chi connectivity index (χ1n) is 8.94. The number of alkyl halides is 3. The summed E-state index contributed by atoms with van der Waals surface area (Å²) in [6.07, 6.45) is 0.350. The Morgan fingerprint density at radius 1 is 1.08 bits per heavy atom. The summed E-state index contributed by atoms with van der Waals surface area (Å²) in [7, 11) is 0. The van der Waals surface area contributed by atoms with Gasteiger partial charge in [0.1, 0.15) is 0 Å². The average Bonchev–Trinajstić information content (AvgIpc) is 3.09. The van der Waals surface area contributed by atoms with Crippen molar-refractivity contribution in [2.24, 2.45) is 5.41 Å². The average molecular weight is 369 g/mol. The number of carbonyl (C=O) groups is 2. The minimum atomic E-state index is -4.89. The van der Waals surface area contributed by atoms with Gasteiger partial charge in [-0.2, -0.15) is 13.2 Å². The minimum Gasteiger partial charge on any atom is -0.481 e. The van der Waals surface area contributed by atoms with E-state index in [9.17, 15) is 22.8 Å². The number of rotatable bonds is 3. The lowest BCUT2D eigenvalue weighted by atomic mass is 9.84. The van der Waals surface area contributed by atoms with Crippen LogP contribution in [0.25, 0.3) is 0 Å². The maximum Gasteiger partial charge on any atom is 0.406 e. The van der Waals surface area contributed by atoms with Gasteiger partial charge in [-0.15, -0.1) is 0 Å². The number of hydrogen-bond donors (Lipinski definition) is 1. The lowest BCUT2D eigenvalue weighted by molar-refractivity contribution is -0.227. The van der Waals surface area contributed by atoms with Crippen molar-refractivity contribution in [3.8, 4) is 0 Å². The Morgan fingerprint density at radius 3 is 2.19 bits per heavy atom. The number of carbonyl (C=O) groups excluding carboxylic acids is 1. The molecule has 26 heavy (non-hydrogen) atoms. The third-order valence-corrected chi connectivity index (χ3v) is 5.74. The molecule has 1 heterocycles. The Hall–Kier alpha value is -2.05. The normalized spacial score (nSPS) is 24.7. The zero-order valence-electron chi connectivity index (χ0n) is 14.4. The second-order valence-corrected chi connectivity index (χ2v) is 7.32. The van der Waals surface area contributed by atoms with Gasteiger partial charge >= 0.3 is 12.1 Å². The second-order valence-electron chi connectivity index (χ2n) is 7.32. The van der Waals surface area contributed by atoms with Crippen molar-refractivity contribution in [3.05, 3.63) is 35.4 Å². The maximum absolute atomic E-state index is 13.2. The highest BCUT2D eigenvalue weighted by molar-refractivity contribution is 5.95. The molecule has 1 aromatic carbocycles. The van der Waals surface area contributed by atoms with E-state index in [2.05, 4.69) is 0 Å². The molecule has 1 unspecified atom stereocenters. The summed E-state index contributed by atoms with van der Waals surface area (Å²) in [6.45, 7) is -1.05. The summed E-state index contributed by atoms with van der Waals surface area (Å²) >= 11 is 0. The van der Waals surface area contributed by atoms with Gasteiger partial charge in [-0.1, -0.05) is 31.4 Å². The molecule has 1 saturated heterocycles. The monoisotopic (exact) mass is 369 g/mol. The summed E-state index contributed by atoms with van der Waals surface area (Å²) in [4.78, 5) is 24.8. The number of amides is 1. The predicted molar refractivity (Wildman–Crippen MR) is 88.9 cm³/mol. The van der Waals surface area contributed by atoms with E-state index in [1.165, 1.54) is 19.3 Å². The molecule has 1 atom stereocenters. The topological polar surface area (TPSA) is 57.6 Å². The van der Waals surface area contributed by atoms with Crippen molar-refractivity contribution in [1.82, 2.24) is 4.90 Å². The molecule has 3 rings (SSSR count). The van der Waals surface area contributed by atoms with Crippen molar-refractivity contribution < 1.29 is 27.9 Å². The van der Waals surface area contributed by atoms with E-state index in [1.54, 1.807) is 12.1 Å². The zero-order valence-corrected chi connectivity index (χ0v) is 14.4. The van der Waals surface area contributed by atoms with Gasteiger partial charge in [0.2, 0.25) is 0 Å². The molecule has 1 aliphatic heterocycles. The minimum absolute atomic E-state index is 0.213. The third kappa shape index (κ3) is 3.31. The first-order chi connectivity index (χ1) is 12.2. The van der Waals surface area contributed by atoms with E-state index >= 15 is 0 Å². The van der Waals surface area contributed by atoms with Crippen LogP contribution in [-0.4, -0.2) is 41.1 Å². The molecule has 0 bridgehead atoms. The Bertz CT molecular complexity index is 680. The number of likely N-dealkylation sites (tertiary alicyclic amines) is 1. The summed E-state index contributed by atoms with van der Waals surface area (Å²) < 4.78 is 39.7. The van der Waals surface area contributed by atoms with E-state index in [-0.39, 0.29) is 6.54 Å². The quantitative estimate of drug-likeness (QED) is 0.868. The molecule has 1 aliphatic carbocycles. The molecular formula is C19H22F3NO3. The zero-order chi connectivity index (χ0) is 18.9. The van der Waals surface area contributed by atoms with Gasteiger partial charge in [-0.05, 0) is 42.9 Å². The van der Waals surface area contributed by atoms with Crippen molar-refractivity contribution in [2.75, 3.05) is 13.1 Å². The van der Waals surface area contributed by atoms with Gasteiger partial charge in [0.15, 0.2) is 5.41 Å². The highest BCUT2D eigenvalue weighted by Crippen LogP contribution is 2.46. The largest absolute Gasteiger partial charge is 0.481 e. The smallest absolute Gasteiger partial charge is 0.406 e. The number of hydrogen-bond acceptors (Lipinski definition) is 2. The highest BCUT2D eigenvalue weighted by atomic mass is 19.4. The summed E-state index contributed by atoms with van der Waals surface area (Å²) in [5.41, 5.74) is -1.42. The number of halogens is 3. The summed E-state index contributed by atoms with van der Waals surface area (Å²) in [6, 6.07) is 7.02. The third-order valence-electron chi connectivity index (χ3n) is 5.74. The van der Waals surface area contributed by atoms with E-state index in [4.69, 9.17) is 5.11 Å². The molecule has 1 N–H and O–H groups in total. The van der Waals surface area contributed by atoms with Crippen molar-refractivity contribution >= 4 is 11.9 Å². The lowest BCUT2D eigenvalue weighted by Gasteiger charge is -2.27. The molecule has 4 nitrogen and oxygen atoms in total. The fourth-order valence-corrected chi connectivity index (χ4v) is 4.03. The first-order valence-corrected chi connectivity index (χ1v) is 8.94. The molecule has 0 radical (unpaired) electrons. The van der Waals surface area contributed by atoms with Crippen LogP contribution in [-0.2, 0) is 4.79 Å². The molecule has 2 fully saturated rings. The van der Waals surface area contributed by atoms with Gasteiger partial charge in [-0.3, -0.25) is 9.59 Å². The Morgan fingerprint density at radius 2 is 1.69 bits per heavy atom. The number of benzene rings is 1. The Kier molecular flexibility index (Phi) is 4.99. The fourth-order valence-electron chi connectivity index (χ4n) is 4.03. The SMILES string of the molecule is O=C(c1ccc(C2CCCCC2)cc1)N1CCC(C(=O)O)(C(F)(F)F)C1. The molecule has 7 heteroatoms. The van der Waals surface area contributed by atoms with Crippen molar-refractivity contribution in [3.63, 3.8) is 0 Å². The van der Waals surface area contributed by atoms with Gasteiger partial charge in [0.05, 0.1) is 0 Å². The summed E-state index contributed by atoms with van der Waals surface area (Å²) in [5.74, 6) is -2.00. The Labute approximate surface area is 150 Å². The van der Waals surface area contributed by atoms with Crippen LogP contribution >= 0.6 is 0 Å². The van der Waals surface area contributed by atoms with Crippen LogP contribution in [0, 0.1) is 5.41 Å². The molecule has 2 aliphatic rings. The van der Waals surface area contributed by atoms with Crippen LogP contribution in [0.15, 0.2) is 24.3 Å². The number of nitrogens with zero attached hydrogens (tertiary/aromatic N) is 1. The van der Waals surface area contributed by atoms with Gasteiger partial charge in [0.25, 0.3) is 5.91 Å². The van der Waals surface area contributed by atoms with Crippen molar-refractivity contribution in [1.29, 1.82) is 0 Å². The molecule has 0 spiro atoms. The summed E-state index contributed by atoms with van der Waals surface area (Å²) in [5, 5.41) is 9.09. The van der Waals surface area contributed by atoms with E-state index in [0.717, 1.165) is 23.3 Å². The highest BCUT2D eigenvalue weighted by Gasteiger charge is 2.64. The molecule has 1 amide bonds. The number of aliphatic carboxylic acids is 1. The van der Waals surface area contributed by atoms with E-state index < -0.39 is 36.4 Å². The standard InChI is InChI=1S/C19H22F3NO3/c20-19(21,22)18(17(25)26)10-11-23(12-18)16(24)15-8-6-14(7-9-15)13-4-2-1-3-5-13/h6-9,13H,1-5,10-12H2,(H,25,26). The van der Waals surface area contributed by atoms with Crippen LogP contribution in [0.4, 0.5) is 13.2 Å². The molecule has 0 aromatic heterocycles. The molecule has 1 aromatic rings. The van der Waals surface area contributed by atoms with Crippen molar-refractivity contribution in [2.45, 2.75) is 50.6 Å². The number of carboxylic acids is 1. The van der Waals surface area contributed by atoms with E-state index in [1.807, 2.05) is 12.1 Å². The second kappa shape index (κ2) is 6.93. The Balaban J connectivity index is 1.73. The van der Waals surface area contributed by atoms with Gasteiger partial charge < -0.3 is 10.0 Å². The van der Waals surface area contributed by atoms with Crippen LogP contribution < -0.4 is 0 Å². The van der Waals surface area contributed by atoms with Crippen LogP contribution in [0.5, 0.6) is 0 Å². The van der Waals surface area contributed by atoms with Crippen LogP contribution in [0.1, 0.15) is 60.4 Å². The predicted octanol–water partition coefficient (Wildman–Crippen LogP) is 4.21. The maximum atomic E-state index is 13.2. The first kappa shape index (κ1) is 18.7. The molecule has 1 saturated carbocycles. The van der Waals surface area contributed by atoms with Gasteiger partial charge in [0, 0.05) is 18.7 Å². The molecule has 142 valence electrons. The fraction of sp³-hybridized carbons (Fsp3) is 0.579. The molecular weight excluding hydrogens is 347 g/mol. The van der Waals surface area contributed by atoms with E-state index in [0.29, 0.717) is 11.5 Å². The van der Waals surface area contributed by atoms with Crippen LogP contribution in [0.2, 0.25) is 0 Å². The van der Waals surface area contributed by atoms with Crippen LogP contribution in [0.3, 0.4) is 0 Å². The number of carboxylic acid groups (broad SMARTS) is 1. The lowest BCUT2D eigenvalue weighted by Crippen LogP contribution is -2.47. The van der Waals surface area contributed by atoms with Gasteiger partial charge in [-0.25, -0.2) is 0 Å².